The van der Waals surface area contributed by atoms with Gasteiger partial charge < -0.3 is 9.84 Å². The van der Waals surface area contributed by atoms with Crippen molar-refractivity contribution in [3.63, 3.8) is 0 Å². The second kappa shape index (κ2) is 16.2. The molecule has 3 heteroatoms. The van der Waals surface area contributed by atoms with Gasteiger partial charge in [-0.05, 0) is 61.3 Å². The van der Waals surface area contributed by atoms with Crippen LogP contribution in [-0.4, -0.2) is 17.7 Å². The van der Waals surface area contributed by atoms with E-state index in [0.717, 1.165) is 63.4 Å². The number of hydrogen-bond donors (Lipinski definition) is 1. The fourth-order valence-electron chi connectivity index (χ4n) is 4.20. The number of aromatic carboxylic acids is 1. The van der Waals surface area contributed by atoms with Gasteiger partial charge in [-0.2, -0.15) is 0 Å². The van der Waals surface area contributed by atoms with Gasteiger partial charge in [-0.1, -0.05) is 85.5 Å². The third-order valence-electron chi connectivity index (χ3n) is 6.00. The Morgan fingerprint density at radius 1 is 0.767 bits per heavy atom. The van der Waals surface area contributed by atoms with Gasteiger partial charge >= 0.3 is 5.97 Å². The number of benzene rings is 1. The zero-order valence-electron chi connectivity index (χ0n) is 20.2. The zero-order valence-corrected chi connectivity index (χ0v) is 20.2. The van der Waals surface area contributed by atoms with Gasteiger partial charge in [-0.15, -0.1) is 0 Å². The third kappa shape index (κ3) is 9.10. The Bertz CT molecular complexity index is 607. The van der Waals surface area contributed by atoms with E-state index in [4.69, 9.17) is 4.74 Å². The predicted molar refractivity (Wildman–Crippen MR) is 128 cm³/mol. The second-order valence-corrected chi connectivity index (χ2v) is 8.56. The van der Waals surface area contributed by atoms with Crippen LogP contribution >= 0.6 is 0 Å². The van der Waals surface area contributed by atoms with Crippen LogP contribution in [0.4, 0.5) is 0 Å². The zero-order chi connectivity index (χ0) is 22.2. The van der Waals surface area contributed by atoms with Crippen molar-refractivity contribution in [2.45, 2.75) is 124 Å². The number of aryl methyl sites for hydroxylation is 1. The number of rotatable bonds is 18. The third-order valence-corrected chi connectivity index (χ3v) is 6.00. The monoisotopic (exact) mass is 418 g/mol. The number of carboxylic acids is 1. The molecule has 0 radical (unpaired) electrons. The van der Waals surface area contributed by atoms with E-state index < -0.39 is 5.97 Å². The predicted octanol–water partition coefficient (Wildman–Crippen LogP) is 8.15. The van der Waals surface area contributed by atoms with Gasteiger partial charge in [0.1, 0.15) is 11.3 Å². The van der Waals surface area contributed by atoms with Crippen LogP contribution in [0.5, 0.6) is 5.75 Å². The molecule has 0 atom stereocenters. The van der Waals surface area contributed by atoms with E-state index in [1.807, 2.05) is 6.07 Å². The van der Waals surface area contributed by atoms with Crippen molar-refractivity contribution in [1.82, 2.24) is 0 Å². The highest BCUT2D eigenvalue weighted by Crippen LogP contribution is 2.34. The summed E-state index contributed by atoms with van der Waals surface area (Å²) in [7, 11) is 0. The standard InChI is InChI=1S/C27H46O3/c1-5-9-12-13-14-15-16-17-20-30-26-24(19-11-7-3)23(8-4)22(18-10-6-2)21-25(26)27(28)29/h21H,5-20H2,1-4H3,(H,28,29). The minimum Gasteiger partial charge on any atom is -0.492 e. The lowest BCUT2D eigenvalue weighted by molar-refractivity contribution is 0.0691. The lowest BCUT2D eigenvalue weighted by Crippen LogP contribution is -2.12. The number of unbranched alkanes of at least 4 members (excludes halogenated alkanes) is 9. The number of carbonyl (C=O) groups is 1. The van der Waals surface area contributed by atoms with Crippen LogP contribution in [0.1, 0.15) is 132 Å². The van der Waals surface area contributed by atoms with E-state index in [1.165, 1.54) is 49.7 Å². The Kier molecular flexibility index (Phi) is 14.3. The summed E-state index contributed by atoms with van der Waals surface area (Å²) in [5.41, 5.74) is 4.06. The van der Waals surface area contributed by atoms with Gasteiger partial charge in [-0.3, -0.25) is 0 Å². The Morgan fingerprint density at radius 2 is 1.33 bits per heavy atom. The van der Waals surface area contributed by atoms with Gasteiger partial charge in [0.15, 0.2) is 0 Å². The van der Waals surface area contributed by atoms with Crippen LogP contribution in [-0.2, 0) is 19.3 Å². The maximum absolute atomic E-state index is 12.1. The Hall–Kier alpha value is -1.51. The summed E-state index contributed by atoms with van der Waals surface area (Å²) < 4.78 is 6.19. The average Bonchev–Trinajstić information content (AvgIpc) is 2.74. The molecule has 3 nitrogen and oxygen atoms in total. The molecule has 0 saturated carbocycles. The molecule has 172 valence electrons. The van der Waals surface area contributed by atoms with E-state index >= 15 is 0 Å². The highest BCUT2D eigenvalue weighted by molar-refractivity contribution is 5.92. The summed E-state index contributed by atoms with van der Waals surface area (Å²) in [6.07, 6.45) is 17.2. The maximum Gasteiger partial charge on any atom is 0.339 e. The van der Waals surface area contributed by atoms with Crippen LogP contribution in [0, 0.1) is 0 Å². The smallest absolute Gasteiger partial charge is 0.339 e. The molecule has 30 heavy (non-hydrogen) atoms. The highest BCUT2D eigenvalue weighted by Gasteiger charge is 2.21. The van der Waals surface area contributed by atoms with Gasteiger partial charge in [0.05, 0.1) is 6.61 Å². The Balaban J connectivity index is 2.88. The second-order valence-electron chi connectivity index (χ2n) is 8.56. The first-order chi connectivity index (χ1) is 14.6. The molecule has 0 aliphatic heterocycles. The normalized spacial score (nSPS) is 11.1. The summed E-state index contributed by atoms with van der Waals surface area (Å²) >= 11 is 0. The van der Waals surface area contributed by atoms with E-state index in [0.29, 0.717) is 17.9 Å². The lowest BCUT2D eigenvalue weighted by atomic mass is 9.89. The molecule has 1 N–H and O–H groups in total. The quantitative estimate of drug-likeness (QED) is 0.245. The summed E-state index contributed by atoms with van der Waals surface area (Å²) in [5.74, 6) is -0.213. The number of ether oxygens (including phenoxy) is 1. The molecule has 0 fully saturated rings. The molecule has 0 aliphatic rings. The molecule has 0 aliphatic carbocycles. The molecule has 0 amide bonds. The summed E-state index contributed by atoms with van der Waals surface area (Å²) in [5, 5.41) is 9.89. The van der Waals surface area contributed by atoms with Crippen molar-refractivity contribution < 1.29 is 14.6 Å². The van der Waals surface area contributed by atoms with Crippen LogP contribution in [0.15, 0.2) is 6.07 Å². The van der Waals surface area contributed by atoms with Crippen molar-refractivity contribution in [2.24, 2.45) is 0 Å². The molecule has 1 aromatic carbocycles. The maximum atomic E-state index is 12.1. The molecule has 1 aromatic rings. The van der Waals surface area contributed by atoms with Gasteiger partial charge in [0, 0.05) is 0 Å². The van der Waals surface area contributed by atoms with Crippen molar-refractivity contribution in [1.29, 1.82) is 0 Å². The fraction of sp³-hybridized carbons (Fsp3) is 0.741. The van der Waals surface area contributed by atoms with E-state index in [9.17, 15) is 9.90 Å². The minimum atomic E-state index is -0.862. The molecular formula is C27H46O3. The van der Waals surface area contributed by atoms with Crippen LogP contribution in [0.25, 0.3) is 0 Å². The topological polar surface area (TPSA) is 46.5 Å². The molecule has 0 heterocycles. The molecule has 0 bridgehead atoms. The van der Waals surface area contributed by atoms with Crippen LogP contribution < -0.4 is 4.74 Å². The van der Waals surface area contributed by atoms with Gasteiger partial charge in [-0.25, -0.2) is 4.79 Å². The lowest BCUT2D eigenvalue weighted by Gasteiger charge is -2.21. The summed E-state index contributed by atoms with van der Waals surface area (Å²) in [6, 6.07) is 1.90. The van der Waals surface area contributed by atoms with Crippen molar-refractivity contribution in [3.8, 4) is 5.75 Å². The first-order valence-electron chi connectivity index (χ1n) is 12.6. The van der Waals surface area contributed by atoms with Crippen molar-refractivity contribution >= 4 is 5.97 Å². The molecule has 0 saturated heterocycles. The molecule has 0 spiro atoms. The minimum absolute atomic E-state index is 0.365. The Labute approximate surface area is 185 Å². The number of hydrogen-bond acceptors (Lipinski definition) is 2. The highest BCUT2D eigenvalue weighted by atomic mass is 16.5. The number of carboxylic acid groups (broad SMARTS) is 1. The van der Waals surface area contributed by atoms with Crippen molar-refractivity contribution in [3.05, 3.63) is 28.3 Å². The molecule has 1 rings (SSSR count). The van der Waals surface area contributed by atoms with Crippen LogP contribution in [0.2, 0.25) is 0 Å². The van der Waals surface area contributed by atoms with Crippen molar-refractivity contribution in [2.75, 3.05) is 6.61 Å². The first-order valence-corrected chi connectivity index (χ1v) is 12.6. The average molecular weight is 419 g/mol. The SMILES string of the molecule is CCCCCCCCCCOc1c(C(=O)O)cc(CCCC)c(CC)c1CCCC. The van der Waals surface area contributed by atoms with Crippen LogP contribution in [0.3, 0.4) is 0 Å². The molecular weight excluding hydrogens is 372 g/mol. The van der Waals surface area contributed by atoms with Gasteiger partial charge in [0.25, 0.3) is 0 Å². The molecule has 0 unspecified atom stereocenters. The van der Waals surface area contributed by atoms with E-state index in [2.05, 4.69) is 27.7 Å². The fourth-order valence-corrected chi connectivity index (χ4v) is 4.20. The van der Waals surface area contributed by atoms with Gasteiger partial charge in [0.2, 0.25) is 0 Å². The largest absolute Gasteiger partial charge is 0.492 e. The first kappa shape index (κ1) is 26.5. The Morgan fingerprint density at radius 3 is 1.90 bits per heavy atom. The molecule has 0 aromatic heterocycles. The summed E-state index contributed by atoms with van der Waals surface area (Å²) in [6.45, 7) is 9.42. The van der Waals surface area contributed by atoms with E-state index in [-0.39, 0.29) is 0 Å². The van der Waals surface area contributed by atoms with E-state index in [1.54, 1.807) is 0 Å². The summed E-state index contributed by atoms with van der Waals surface area (Å²) in [4.78, 5) is 12.1.